The van der Waals surface area contributed by atoms with Crippen molar-refractivity contribution in [3.63, 3.8) is 0 Å². The van der Waals surface area contributed by atoms with Gasteiger partial charge in [0.1, 0.15) is 5.75 Å². The number of allylic oxidation sites excluding steroid dienone is 3. The molecule has 3 N–H and O–H groups in total. The lowest BCUT2D eigenvalue weighted by atomic mass is 9.95. The van der Waals surface area contributed by atoms with Gasteiger partial charge in [0.2, 0.25) is 0 Å². The molecule has 0 bridgehead atoms. The van der Waals surface area contributed by atoms with Crippen LogP contribution in [0.1, 0.15) is 21.5 Å². The van der Waals surface area contributed by atoms with Gasteiger partial charge in [-0.25, -0.2) is 0 Å². The maximum absolute atomic E-state index is 12.8. The van der Waals surface area contributed by atoms with Crippen molar-refractivity contribution < 1.29 is 14.3 Å². The Balaban J connectivity index is 1.39. The molecule has 4 rings (SSSR count). The zero-order valence-corrected chi connectivity index (χ0v) is 17.7. The normalized spacial score (nSPS) is 16.3. The number of ether oxygens (including phenoxy) is 1. The van der Waals surface area contributed by atoms with E-state index in [9.17, 15) is 9.59 Å². The zero-order chi connectivity index (χ0) is 22.5. The molecule has 1 atom stereocenters. The number of Topliss-reactive ketones (excluding diaryl/α,β-unsaturated/α-hetero) is 1. The highest BCUT2D eigenvalue weighted by Gasteiger charge is 2.24. The first-order valence-corrected chi connectivity index (χ1v) is 10.4. The topological polar surface area (TPSA) is 81.4 Å². The number of hydrogen-bond donors (Lipinski definition) is 2. The first kappa shape index (κ1) is 21.1. The average molecular weight is 425 g/mol. The van der Waals surface area contributed by atoms with E-state index in [1.54, 1.807) is 31.4 Å². The van der Waals surface area contributed by atoms with Crippen LogP contribution in [0.5, 0.6) is 5.75 Å². The fraction of sp³-hybridized carbons (Fsp3) is 0.111. The predicted molar refractivity (Wildman–Crippen MR) is 128 cm³/mol. The molecular weight excluding hydrogens is 400 g/mol. The Morgan fingerprint density at radius 1 is 1.03 bits per heavy atom. The van der Waals surface area contributed by atoms with Crippen molar-refractivity contribution in [2.45, 2.75) is 6.42 Å². The second kappa shape index (κ2) is 9.35. The van der Waals surface area contributed by atoms with Crippen molar-refractivity contribution in [3.05, 3.63) is 107 Å². The quantitative estimate of drug-likeness (QED) is 0.435. The number of amides is 1. The van der Waals surface area contributed by atoms with Crippen LogP contribution in [0.15, 0.2) is 90.5 Å². The van der Waals surface area contributed by atoms with Crippen LogP contribution in [0.4, 0.5) is 11.4 Å². The molecule has 0 spiro atoms. The molecule has 0 saturated heterocycles. The van der Waals surface area contributed by atoms with Crippen molar-refractivity contribution in [1.29, 1.82) is 0 Å². The van der Waals surface area contributed by atoms with E-state index in [-0.39, 0.29) is 17.6 Å². The highest BCUT2D eigenvalue weighted by atomic mass is 16.5. The maximum atomic E-state index is 12.8. The van der Waals surface area contributed by atoms with Crippen LogP contribution in [0.25, 0.3) is 6.08 Å². The van der Waals surface area contributed by atoms with E-state index in [0.717, 1.165) is 16.9 Å². The molecule has 3 aromatic carbocycles. The van der Waals surface area contributed by atoms with Crippen LogP contribution in [0.2, 0.25) is 0 Å². The summed E-state index contributed by atoms with van der Waals surface area (Å²) in [6.45, 7) is 0. The summed E-state index contributed by atoms with van der Waals surface area (Å²) in [4.78, 5) is 25.3. The van der Waals surface area contributed by atoms with Gasteiger partial charge in [0.15, 0.2) is 5.78 Å². The maximum Gasteiger partial charge on any atom is 0.255 e. The van der Waals surface area contributed by atoms with Gasteiger partial charge in [-0.3, -0.25) is 9.59 Å². The molecule has 0 saturated carbocycles. The van der Waals surface area contributed by atoms with Gasteiger partial charge in [-0.15, -0.1) is 0 Å². The molecule has 5 nitrogen and oxygen atoms in total. The van der Waals surface area contributed by atoms with Crippen LogP contribution in [0, 0.1) is 5.92 Å². The fourth-order valence-corrected chi connectivity index (χ4v) is 3.61. The minimum Gasteiger partial charge on any atom is -0.497 e. The number of methoxy groups -OCH3 is 1. The van der Waals surface area contributed by atoms with E-state index in [0.29, 0.717) is 28.9 Å². The van der Waals surface area contributed by atoms with Crippen molar-refractivity contribution in [2.24, 2.45) is 5.92 Å². The Morgan fingerprint density at radius 3 is 2.44 bits per heavy atom. The van der Waals surface area contributed by atoms with Gasteiger partial charge < -0.3 is 15.8 Å². The Hall–Kier alpha value is -4.12. The largest absolute Gasteiger partial charge is 0.497 e. The second-order valence-corrected chi connectivity index (χ2v) is 7.65. The summed E-state index contributed by atoms with van der Waals surface area (Å²) in [6.07, 6.45) is 6.30. The summed E-state index contributed by atoms with van der Waals surface area (Å²) in [5.74, 6) is 0.448. The number of carbonyl (C=O) groups excluding carboxylic acids is 2. The summed E-state index contributed by atoms with van der Waals surface area (Å²) in [7, 11) is 1.62. The number of nitrogens with two attached hydrogens (primary N) is 1. The number of carbonyl (C=O) groups is 2. The molecule has 32 heavy (non-hydrogen) atoms. The standard InChI is InChI=1S/C27H24N2O3/c1-32-23-14-8-19(9-15-23)17-22-13-12-21(26(22)30)16-18-6-10-20(11-7-18)27(31)29-25-5-3-2-4-24(25)28/h2-15,17,21H,16,28H2,1H3,(H,29,31)/b22-17+. The molecule has 3 aromatic rings. The van der Waals surface area contributed by atoms with Crippen LogP contribution in [0.3, 0.4) is 0 Å². The van der Waals surface area contributed by atoms with Crippen molar-refractivity contribution >= 4 is 29.1 Å². The first-order valence-electron chi connectivity index (χ1n) is 10.4. The molecule has 5 heteroatoms. The van der Waals surface area contributed by atoms with Crippen LogP contribution in [-0.4, -0.2) is 18.8 Å². The summed E-state index contributed by atoms with van der Waals surface area (Å²) < 4.78 is 5.17. The highest BCUT2D eigenvalue weighted by Crippen LogP contribution is 2.26. The highest BCUT2D eigenvalue weighted by molar-refractivity contribution is 6.07. The van der Waals surface area contributed by atoms with Gasteiger partial charge in [-0.1, -0.05) is 48.6 Å². The van der Waals surface area contributed by atoms with Gasteiger partial charge in [0, 0.05) is 17.1 Å². The zero-order valence-electron chi connectivity index (χ0n) is 17.7. The number of benzene rings is 3. The molecule has 0 aliphatic heterocycles. The van der Waals surface area contributed by atoms with Crippen molar-refractivity contribution in [2.75, 3.05) is 18.2 Å². The van der Waals surface area contributed by atoms with Gasteiger partial charge in [0.05, 0.1) is 18.5 Å². The minimum absolute atomic E-state index is 0.0993. The molecule has 0 fully saturated rings. The predicted octanol–water partition coefficient (Wildman–Crippen LogP) is 4.91. The first-order chi connectivity index (χ1) is 15.5. The Morgan fingerprint density at radius 2 is 1.75 bits per heavy atom. The lowest BCUT2D eigenvalue weighted by Crippen LogP contribution is -2.14. The third-order valence-corrected chi connectivity index (χ3v) is 5.45. The second-order valence-electron chi connectivity index (χ2n) is 7.65. The number of ketones is 1. The number of nitrogen functional groups attached to an aromatic ring is 1. The van der Waals surface area contributed by atoms with E-state index in [1.165, 1.54) is 0 Å². The number of rotatable bonds is 6. The SMILES string of the molecule is COc1ccc(/C=C2\C=CC(Cc3ccc(C(=O)Nc4ccccc4N)cc3)C2=O)cc1. The van der Waals surface area contributed by atoms with Gasteiger partial charge in [-0.2, -0.15) is 0 Å². The van der Waals surface area contributed by atoms with Crippen LogP contribution in [-0.2, 0) is 11.2 Å². The van der Waals surface area contributed by atoms with E-state index in [1.807, 2.05) is 66.8 Å². The monoisotopic (exact) mass is 424 g/mol. The van der Waals surface area contributed by atoms with Gasteiger partial charge in [0.25, 0.3) is 5.91 Å². The average Bonchev–Trinajstić information content (AvgIpc) is 3.15. The Labute approximate surface area is 187 Å². The molecule has 1 unspecified atom stereocenters. The number of para-hydroxylation sites is 2. The summed E-state index contributed by atoms with van der Waals surface area (Å²) in [5, 5.41) is 2.82. The smallest absolute Gasteiger partial charge is 0.255 e. The van der Waals surface area contributed by atoms with E-state index < -0.39 is 0 Å². The number of nitrogens with one attached hydrogen (secondary N) is 1. The van der Waals surface area contributed by atoms with E-state index >= 15 is 0 Å². The number of anilines is 2. The molecule has 1 aliphatic carbocycles. The molecule has 0 radical (unpaired) electrons. The molecular formula is C27H24N2O3. The summed E-state index contributed by atoms with van der Waals surface area (Å²) >= 11 is 0. The Kier molecular flexibility index (Phi) is 6.17. The van der Waals surface area contributed by atoms with E-state index in [2.05, 4.69) is 5.32 Å². The number of hydrogen-bond acceptors (Lipinski definition) is 4. The molecule has 0 aromatic heterocycles. The lowest BCUT2D eigenvalue weighted by molar-refractivity contribution is -0.117. The summed E-state index contributed by atoms with van der Waals surface area (Å²) in [6, 6.07) is 22.0. The third kappa shape index (κ3) is 4.78. The molecule has 0 heterocycles. The van der Waals surface area contributed by atoms with Crippen LogP contribution >= 0.6 is 0 Å². The fourth-order valence-electron chi connectivity index (χ4n) is 3.61. The minimum atomic E-state index is -0.226. The molecule has 1 amide bonds. The van der Waals surface area contributed by atoms with Crippen molar-refractivity contribution in [1.82, 2.24) is 0 Å². The van der Waals surface area contributed by atoms with Gasteiger partial charge >= 0.3 is 0 Å². The van der Waals surface area contributed by atoms with Gasteiger partial charge in [-0.05, 0) is 60.0 Å². The lowest BCUT2D eigenvalue weighted by Gasteiger charge is -2.10. The Bertz CT molecular complexity index is 1190. The molecule has 1 aliphatic rings. The van der Waals surface area contributed by atoms with Crippen LogP contribution < -0.4 is 15.8 Å². The van der Waals surface area contributed by atoms with Crippen molar-refractivity contribution in [3.8, 4) is 5.75 Å². The third-order valence-electron chi connectivity index (χ3n) is 5.45. The van der Waals surface area contributed by atoms with E-state index in [4.69, 9.17) is 10.5 Å². The molecule has 160 valence electrons. The summed E-state index contributed by atoms with van der Waals surface area (Å²) in [5.41, 5.74) is 10.2.